The van der Waals surface area contributed by atoms with Gasteiger partial charge in [-0.15, -0.1) is 0 Å². The monoisotopic (exact) mass is 190 g/mol. The molecule has 2 rings (SSSR count). The van der Waals surface area contributed by atoms with E-state index in [0.717, 1.165) is 16.7 Å². The normalized spacial score (nSPS) is 11.4. The van der Waals surface area contributed by atoms with Gasteiger partial charge >= 0.3 is 0 Å². The quantitative estimate of drug-likeness (QED) is 0.570. The van der Waals surface area contributed by atoms with E-state index < -0.39 is 0 Å². The molecular weight excluding hydrogens is 176 g/mol. The van der Waals surface area contributed by atoms with Crippen LogP contribution in [0.25, 0.3) is 10.9 Å². The van der Waals surface area contributed by atoms with Crippen molar-refractivity contribution in [3.8, 4) is 0 Å². The maximum atomic E-state index is 10.6. The van der Waals surface area contributed by atoms with Crippen LogP contribution in [-0.2, 0) is 0 Å². The molecule has 0 saturated heterocycles. The molecule has 14 heavy (non-hydrogen) atoms. The Morgan fingerprint density at radius 2 is 2.07 bits per heavy atom. The van der Waals surface area contributed by atoms with Crippen molar-refractivity contribution in [3.05, 3.63) is 35.7 Å². The Bertz CT molecular complexity index is 445. The highest BCUT2D eigenvalue weighted by molar-refractivity contribution is 5.82. The fourth-order valence-corrected chi connectivity index (χ4v) is 1.69. The van der Waals surface area contributed by atoms with Gasteiger partial charge in [0, 0.05) is 29.8 Å². The molecular formula is C11H14N2O. The molecule has 1 aromatic heterocycles. The third-order valence-corrected chi connectivity index (χ3v) is 2.44. The van der Waals surface area contributed by atoms with E-state index in [1.807, 2.05) is 18.2 Å². The van der Waals surface area contributed by atoms with Gasteiger partial charge in [-0.3, -0.25) is 0 Å². The Morgan fingerprint density at radius 3 is 2.71 bits per heavy atom. The van der Waals surface area contributed by atoms with Crippen LogP contribution in [0.1, 0.15) is 19.9 Å². The van der Waals surface area contributed by atoms with Gasteiger partial charge in [-0.05, 0) is 26.0 Å². The Labute approximate surface area is 82.9 Å². The first-order valence-corrected chi connectivity index (χ1v) is 4.78. The van der Waals surface area contributed by atoms with Gasteiger partial charge in [0.1, 0.15) is 5.69 Å². The molecule has 3 nitrogen and oxygen atoms in total. The van der Waals surface area contributed by atoms with Crippen LogP contribution in [0.3, 0.4) is 0 Å². The van der Waals surface area contributed by atoms with Crippen molar-refractivity contribution in [1.82, 2.24) is 4.57 Å². The van der Waals surface area contributed by atoms with Gasteiger partial charge < -0.3 is 15.3 Å². The van der Waals surface area contributed by atoms with E-state index in [9.17, 15) is 5.21 Å². The second-order valence-corrected chi connectivity index (χ2v) is 3.75. The zero-order chi connectivity index (χ0) is 10.1. The van der Waals surface area contributed by atoms with Crippen LogP contribution < -0.4 is 5.48 Å². The van der Waals surface area contributed by atoms with Crippen molar-refractivity contribution in [2.45, 2.75) is 19.9 Å². The van der Waals surface area contributed by atoms with E-state index in [2.05, 4.69) is 30.7 Å². The lowest BCUT2D eigenvalue weighted by atomic mass is 10.2. The molecule has 74 valence electrons. The van der Waals surface area contributed by atoms with Gasteiger partial charge in [0.05, 0.1) is 5.52 Å². The molecule has 1 aromatic carbocycles. The average molecular weight is 190 g/mol. The third-order valence-electron chi connectivity index (χ3n) is 2.44. The number of aromatic nitrogens is 1. The lowest BCUT2D eigenvalue weighted by Crippen LogP contribution is -2.70. The Morgan fingerprint density at radius 1 is 1.29 bits per heavy atom. The number of nitrogens with zero attached hydrogens (tertiary/aromatic N) is 1. The van der Waals surface area contributed by atoms with Crippen molar-refractivity contribution >= 4 is 16.6 Å². The third kappa shape index (κ3) is 1.41. The standard InChI is InChI=1S/C11H14N2O/c1-8(2)13-6-5-9-3-4-10(12-14)7-11(9)13/h3-8H,12H2,1-2H3. The second kappa shape index (κ2) is 3.44. The summed E-state index contributed by atoms with van der Waals surface area (Å²) in [5, 5.41) is 11.8. The fourth-order valence-electron chi connectivity index (χ4n) is 1.69. The summed E-state index contributed by atoms with van der Waals surface area (Å²) in [5.74, 6) is 0. The van der Waals surface area contributed by atoms with Crippen molar-refractivity contribution in [2.24, 2.45) is 0 Å². The van der Waals surface area contributed by atoms with Crippen LogP contribution in [0.5, 0.6) is 0 Å². The molecule has 0 saturated carbocycles. The number of fused-ring (bicyclic) bond motifs is 1. The van der Waals surface area contributed by atoms with Gasteiger partial charge in [-0.25, -0.2) is 0 Å². The number of hydrogen-bond acceptors (Lipinski definition) is 1. The Kier molecular flexibility index (Phi) is 2.27. The maximum absolute atomic E-state index is 10.6. The van der Waals surface area contributed by atoms with Crippen molar-refractivity contribution in [3.63, 3.8) is 0 Å². The van der Waals surface area contributed by atoms with Crippen molar-refractivity contribution in [2.75, 3.05) is 0 Å². The van der Waals surface area contributed by atoms with Crippen LogP contribution in [0.4, 0.5) is 5.69 Å². The highest BCUT2D eigenvalue weighted by Crippen LogP contribution is 2.21. The first-order chi connectivity index (χ1) is 6.72. The van der Waals surface area contributed by atoms with E-state index in [1.54, 1.807) is 0 Å². The lowest BCUT2D eigenvalue weighted by molar-refractivity contribution is -0.497. The summed E-state index contributed by atoms with van der Waals surface area (Å²) < 4.78 is 2.17. The molecule has 0 fully saturated rings. The molecule has 0 bridgehead atoms. The highest BCUT2D eigenvalue weighted by Gasteiger charge is 2.04. The molecule has 0 amide bonds. The number of quaternary nitrogens is 1. The van der Waals surface area contributed by atoms with Crippen molar-refractivity contribution < 1.29 is 5.48 Å². The summed E-state index contributed by atoms with van der Waals surface area (Å²) in [6.07, 6.45) is 2.06. The van der Waals surface area contributed by atoms with Crippen molar-refractivity contribution in [1.29, 1.82) is 0 Å². The summed E-state index contributed by atoms with van der Waals surface area (Å²) >= 11 is 0. The minimum absolute atomic E-state index is 0.425. The van der Waals surface area contributed by atoms with Gasteiger partial charge in [-0.2, -0.15) is 0 Å². The Balaban J connectivity index is 2.63. The smallest absolute Gasteiger partial charge is 0.131 e. The molecule has 0 unspecified atom stereocenters. The number of hydrogen-bond donors (Lipinski definition) is 1. The topological polar surface area (TPSA) is 44.6 Å². The average Bonchev–Trinajstić information content (AvgIpc) is 2.59. The van der Waals surface area contributed by atoms with Crippen LogP contribution in [0.2, 0.25) is 0 Å². The van der Waals surface area contributed by atoms with E-state index >= 15 is 0 Å². The van der Waals surface area contributed by atoms with Gasteiger partial charge in [0.15, 0.2) is 0 Å². The van der Waals surface area contributed by atoms with Crippen LogP contribution in [-0.4, -0.2) is 4.57 Å². The molecule has 0 radical (unpaired) electrons. The van der Waals surface area contributed by atoms with E-state index in [4.69, 9.17) is 0 Å². The molecule has 0 aliphatic heterocycles. The van der Waals surface area contributed by atoms with E-state index in [1.165, 1.54) is 5.39 Å². The van der Waals surface area contributed by atoms with E-state index in [0.29, 0.717) is 6.04 Å². The fraction of sp³-hybridized carbons (Fsp3) is 0.273. The zero-order valence-corrected chi connectivity index (χ0v) is 8.40. The molecule has 2 N–H and O–H groups in total. The predicted octanol–water partition coefficient (Wildman–Crippen LogP) is 1.91. The summed E-state index contributed by atoms with van der Waals surface area (Å²) in [7, 11) is 0. The summed E-state index contributed by atoms with van der Waals surface area (Å²) in [5.41, 5.74) is 2.75. The van der Waals surface area contributed by atoms with Crippen LogP contribution >= 0.6 is 0 Å². The zero-order valence-electron chi connectivity index (χ0n) is 8.40. The van der Waals surface area contributed by atoms with Gasteiger partial charge in [-0.1, -0.05) is 0 Å². The molecule has 1 heterocycles. The maximum Gasteiger partial charge on any atom is 0.131 e. The molecule has 2 aromatic rings. The van der Waals surface area contributed by atoms with Crippen LogP contribution in [0.15, 0.2) is 30.5 Å². The number of benzene rings is 1. The molecule has 0 spiro atoms. The minimum atomic E-state index is 0.425. The number of rotatable bonds is 2. The second-order valence-electron chi connectivity index (χ2n) is 3.75. The predicted molar refractivity (Wildman–Crippen MR) is 57.3 cm³/mol. The molecule has 0 atom stereocenters. The Hall–Kier alpha value is -1.32. The SMILES string of the molecule is CC(C)n1ccc2ccc([NH2+][O-])cc21. The van der Waals surface area contributed by atoms with Gasteiger partial charge in [0.25, 0.3) is 0 Å². The number of nitrogens with two attached hydrogens (primary N) is 1. The highest BCUT2D eigenvalue weighted by atomic mass is 16.5. The molecule has 0 aliphatic carbocycles. The first kappa shape index (κ1) is 9.24. The molecule has 0 aliphatic rings. The summed E-state index contributed by atoms with van der Waals surface area (Å²) in [4.78, 5) is 0. The molecule has 3 heteroatoms. The summed E-state index contributed by atoms with van der Waals surface area (Å²) in [6.45, 7) is 4.26. The minimum Gasteiger partial charge on any atom is -0.630 e. The van der Waals surface area contributed by atoms with Gasteiger partial charge in [0.2, 0.25) is 0 Å². The largest absolute Gasteiger partial charge is 0.630 e. The van der Waals surface area contributed by atoms with Crippen LogP contribution in [0, 0.1) is 5.21 Å². The first-order valence-electron chi connectivity index (χ1n) is 4.78. The summed E-state index contributed by atoms with van der Waals surface area (Å²) in [6, 6.07) is 8.26. The lowest BCUT2D eigenvalue weighted by Gasteiger charge is -2.09. The van der Waals surface area contributed by atoms with E-state index in [-0.39, 0.29) is 0 Å².